The molecular weight excluding hydrogens is 496 g/mol. The zero-order valence-corrected chi connectivity index (χ0v) is 24.3. The van der Waals surface area contributed by atoms with Crippen LogP contribution in [0.1, 0.15) is 62.6 Å². The van der Waals surface area contributed by atoms with Crippen molar-refractivity contribution in [1.82, 2.24) is 14.5 Å². The Balaban J connectivity index is 1.69. The minimum Gasteiger partial charge on any atom is -0.497 e. The van der Waals surface area contributed by atoms with Crippen LogP contribution in [-0.4, -0.2) is 42.0 Å². The largest absolute Gasteiger partial charge is 0.497 e. The summed E-state index contributed by atoms with van der Waals surface area (Å²) in [7, 11) is -0.274. The molecule has 0 saturated heterocycles. The van der Waals surface area contributed by atoms with Crippen LogP contribution in [-0.2, 0) is 4.43 Å². The molecule has 0 aliphatic carbocycles. The first-order chi connectivity index (χ1) is 17.9. The van der Waals surface area contributed by atoms with Crippen molar-refractivity contribution in [3.05, 3.63) is 66.2 Å². The maximum Gasteiger partial charge on any atom is 0.268 e. The number of hydrogen-bond acceptors (Lipinski definition) is 6. The SMILES string of the molecule is COc1ccc(-c2nc3cccc(C(CC[C@H](C)O[Si](C)(C)C(C)(C)C)n4cnc(C(N)=O)c4)c3o2)cc1. The molecule has 0 fully saturated rings. The number of aromatic nitrogens is 3. The van der Waals surface area contributed by atoms with Crippen LogP contribution in [0.25, 0.3) is 22.6 Å². The number of carbonyl (C=O) groups excluding carboxylic acids is 1. The number of amides is 1. The lowest BCUT2D eigenvalue weighted by molar-refractivity contribution is 0.0996. The minimum atomic E-state index is -1.91. The third-order valence-corrected chi connectivity index (χ3v) is 12.1. The van der Waals surface area contributed by atoms with Gasteiger partial charge in [0.1, 0.15) is 17.0 Å². The third kappa shape index (κ3) is 5.84. The van der Waals surface area contributed by atoms with Gasteiger partial charge < -0.3 is 23.9 Å². The zero-order chi connectivity index (χ0) is 27.7. The predicted octanol–water partition coefficient (Wildman–Crippen LogP) is 6.58. The van der Waals surface area contributed by atoms with E-state index in [-0.39, 0.29) is 22.9 Å². The lowest BCUT2D eigenvalue weighted by atomic mass is 9.99. The smallest absolute Gasteiger partial charge is 0.268 e. The zero-order valence-electron chi connectivity index (χ0n) is 23.3. The van der Waals surface area contributed by atoms with E-state index in [1.54, 1.807) is 19.6 Å². The molecule has 2 heterocycles. The maximum absolute atomic E-state index is 11.8. The first kappa shape index (κ1) is 27.6. The van der Waals surface area contributed by atoms with Crippen molar-refractivity contribution < 1.29 is 18.4 Å². The molecule has 38 heavy (non-hydrogen) atoms. The van der Waals surface area contributed by atoms with Gasteiger partial charge in [0.05, 0.1) is 19.5 Å². The number of oxazole rings is 1. The number of imidazole rings is 1. The summed E-state index contributed by atoms with van der Waals surface area (Å²) in [6.07, 6.45) is 5.00. The lowest BCUT2D eigenvalue weighted by Crippen LogP contribution is -2.43. The summed E-state index contributed by atoms with van der Waals surface area (Å²) in [6, 6.07) is 13.4. The first-order valence-electron chi connectivity index (χ1n) is 12.9. The van der Waals surface area contributed by atoms with Crippen molar-refractivity contribution in [2.24, 2.45) is 5.73 Å². The van der Waals surface area contributed by atoms with Crippen molar-refractivity contribution in [1.29, 1.82) is 0 Å². The van der Waals surface area contributed by atoms with E-state index in [4.69, 9.17) is 24.3 Å². The molecule has 8 nitrogen and oxygen atoms in total. The summed E-state index contributed by atoms with van der Waals surface area (Å²) in [6.45, 7) is 13.4. The summed E-state index contributed by atoms with van der Waals surface area (Å²) in [4.78, 5) is 20.8. The van der Waals surface area contributed by atoms with E-state index in [9.17, 15) is 4.79 Å². The van der Waals surface area contributed by atoms with Gasteiger partial charge >= 0.3 is 0 Å². The van der Waals surface area contributed by atoms with Gasteiger partial charge in [-0.05, 0) is 68.2 Å². The number of benzene rings is 2. The highest BCUT2D eigenvalue weighted by Crippen LogP contribution is 2.39. The maximum atomic E-state index is 11.8. The van der Waals surface area contributed by atoms with Gasteiger partial charge in [-0.3, -0.25) is 4.79 Å². The molecule has 2 aromatic carbocycles. The van der Waals surface area contributed by atoms with E-state index < -0.39 is 14.2 Å². The first-order valence-corrected chi connectivity index (χ1v) is 15.9. The summed E-state index contributed by atoms with van der Waals surface area (Å²) in [5.74, 6) is 0.744. The Kier molecular flexibility index (Phi) is 7.80. The molecule has 1 unspecified atom stereocenters. The topological polar surface area (TPSA) is 105 Å². The lowest BCUT2D eigenvalue weighted by Gasteiger charge is -2.38. The molecule has 202 valence electrons. The Morgan fingerprint density at radius 2 is 1.84 bits per heavy atom. The van der Waals surface area contributed by atoms with E-state index in [0.29, 0.717) is 11.5 Å². The van der Waals surface area contributed by atoms with E-state index in [2.05, 4.69) is 45.8 Å². The molecule has 1 amide bonds. The number of primary amides is 1. The minimum absolute atomic E-state index is 0.0707. The van der Waals surface area contributed by atoms with Gasteiger partial charge in [0.25, 0.3) is 5.91 Å². The number of carbonyl (C=O) groups is 1. The second-order valence-electron chi connectivity index (χ2n) is 11.3. The van der Waals surface area contributed by atoms with Gasteiger partial charge in [-0.2, -0.15) is 0 Å². The number of para-hydroxylation sites is 1. The van der Waals surface area contributed by atoms with Gasteiger partial charge in [0.15, 0.2) is 13.9 Å². The molecular formula is C29H38N4O4Si. The highest BCUT2D eigenvalue weighted by Gasteiger charge is 2.38. The van der Waals surface area contributed by atoms with Crippen LogP contribution >= 0.6 is 0 Å². The summed E-state index contributed by atoms with van der Waals surface area (Å²) in [5.41, 5.74) is 9.02. The fraction of sp³-hybridized carbons (Fsp3) is 0.414. The van der Waals surface area contributed by atoms with Gasteiger partial charge in [-0.15, -0.1) is 0 Å². The normalized spacial score (nSPS) is 14.0. The van der Waals surface area contributed by atoms with Crippen molar-refractivity contribution in [3.8, 4) is 17.2 Å². The van der Waals surface area contributed by atoms with Crippen molar-refractivity contribution >= 4 is 25.3 Å². The number of rotatable bonds is 10. The molecule has 0 bridgehead atoms. The molecule has 0 aliphatic rings. The van der Waals surface area contributed by atoms with Crippen molar-refractivity contribution in [2.45, 2.75) is 70.8 Å². The van der Waals surface area contributed by atoms with Crippen LogP contribution < -0.4 is 10.5 Å². The molecule has 4 rings (SSSR count). The Bertz CT molecular complexity index is 1400. The molecule has 0 aliphatic heterocycles. The standard InChI is InChI=1S/C29H38N4O4Si/c1-19(37-38(6,7)29(2,3)4)11-16-25(33-17-24(27(30)34)31-18-33)22-9-8-10-23-26(22)36-28(32-23)20-12-14-21(35-5)15-13-20/h8-10,12-15,17-19,25H,11,16H2,1-7H3,(H2,30,34)/t19-,25?/m0/s1. The molecule has 0 saturated carbocycles. The number of methoxy groups -OCH3 is 1. The van der Waals surface area contributed by atoms with Crippen LogP contribution in [0.4, 0.5) is 0 Å². The highest BCUT2D eigenvalue weighted by molar-refractivity contribution is 6.74. The molecule has 4 aromatic rings. The average molecular weight is 535 g/mol. The molecule has 0 radical (unpaired) electrons. The molecule has 2 N–H and O–H groups in total. The van der Waals surface area contributed by atoms with E-state index >= 15 is 0 Å². The Morgan fingerprint density at radius 1 is 1.13 bits per heavy atom. The predicted molar refractivity (Wildman–Crippen MR) is 152 cm³/mol. The van der Waals surface area contributed by atoms with Crippen LogP contribution in [0.5, 0.6) is 5.75 Å². The molecule has 2 aromatic heterocycles. The quantitative estimate of drug-likeness (QED) is 0.230. The number of nitrogens with zero attached hydrogens (tertiary/aromatic N) is 3. The van der Waals surface area contributed by atoms with Gasteiger partial charge in [-0.1, -0.05) is 32.9 Å². The summed E-state index contributed by atoms with van der Waals surface area (Å²) < 4.78 is 20.2. The second-order valence-corrected chi connectivity index (χ2v) is 16.1. The van der Waals surface area contributed by atoms with Crippen molar-refractivity contribution in [2.75, 3.05) is 7.11 Å². The van der Waals surface area contributed by atoms with Crippen LogP contribution in [0, 0.1) is 0 Å². The van der Waals surface area contributed by atoms with Gasteiger partial charge in [-0.25, -0.2) is 9.97 Å². The monoisotopic (exact) mass is 534 g/mol. The molecule has 2 atom stereocenters. The van der Waals surface area contributed by atoms with Crippen LogP contribution in [0.15, 0.2) is 59.4 Å². The Morgan fingerprint density at radius 3 is 2.45 bits per heavy atom. The Labute approximate surface area is 225 Å². The Hall–Kier alpha value is -3.43. The fourth-order valence-corrected chi connectivity index (χ4v) is 5.80. The average Bonchev–Trinajstić information content (AvgIpc) is 3.51. The van der Waals surface area contributed by atoms with Crippen LogP contribution in [0.3, 0.4) is 0 Å². The summed E-state index contributed by atoms with van der Waals surface area (Å²) in [5, 5.41) is 0.130. The second kappa shape index (κ2) is 10.7. The summed E-state index contributed by atoms with van der Waals surface area (Å²) >= 11 is 0. The number of fused-ring (bicyclic) bond motifs is 1. The number of hydrogen-bond donors (Lipinski definition) is 1. The molecule has 9 heteroatoms. The van der Waals surface area contributed by atoms with E-state index in [1.807, 2.05) is 47.0 Å². The number of ether oxygens (including phenoxy) is 1. The van der Waals surface area contributed by atoms with Gasteiger partial charge in [0, 0.05) is 23.4 Å². The fourth-order valence-electron chi connectivity index (χ4n) is 4.32. The van der Waals surface area contributed by atoms with Gasteiger partial charge in [0.2, 0.25) is 5.89 Å². The van der Waals surface area contributed by atoms with E-state index in [0.717, 1.165) is 35.2 Å². The highest BCUT2D eigenvalue weighted by atomic mass is 28.4. The third-order valence-electron chi connectivity index (χ3n) is 7.50. The molecule has 0 spiro atoms. The van der Waals surface area contributed by atoms with E-state index in [1.165, 1.54) is 0 Å². The van der Waals surface area contributed by atoms with Crippen molar-refractivity contribution in [3.63, 3.8) is 0 Å². The number of nitrogens with two attached hydrogens (primary N) is 1. The van der Waals surface area contributed by atoms with Crippen LogP contribution in [0.2, 0.25) is 18.1 Å².